The highest BCUT2D eigenvalue weighted by atomic mass is 16.5. The summed E-state index contributed by atoms with van der Waals surface area (Å²) in [6.45, 7) is 2.12. The number of rotatable bonds is 8. The highest BCUT2D eigenvalue weighted by Gasteiger charge is 2.21. The molecule has 0 atom stereocenters. The molecule has 1 heterocycles. The number of aromatic nitrogens is 2. The summed E-state index contributed by atoms with van der Waals surface area (Å²) in [5.41, 5.74) is 4.68. The Hall–Kier alpha value is -4.19. The fourth-order valence-electron chi connectivity index (χ4n) is 3.41. The highest BCUT2D eigenvalue weighted by Crippen LogP contribution is 2.25. The SMILES string of the molecule is Cc1ccc(-c2nn(-c3ccccc3)cc2C(=O)OCC(=O)NCCc2ccccc2)cc1. The van der Waals surface area contributed by atoms with Crippen LogP contribution in [0.1, 0.15) is 21.5 Å². The third kappa shape index (κ3) is 5.74. The van der Waals surface area contributed by atoms with E-state index in [-0.39, 0.29) is 12.5 Å². The first-order valence-corrected chi connectivity index (χ1v) is 10.8. The van der Waals surface area contributed by atoms with Crippen LogP contribution in [0.15, 0.2) is 91.1 Å². The van der Waals surface area contributed by atoms with E-state index in [0.29, 0.717) is 24.2 Å². The van der Waals surface area contributed by atoms with Gasteiger partial charge in [0, 0.05) is 18.3 Å². The van der Waals surface area contributed by atoms with Crippen LogP contribution < -0.4 is 5.32 Å². The lowest BCUT2D eigenvalue weighted by Gasteiger charge is -2.07. The third-order valence-electron chi connectivity index (χ3n) is 5.19. The number of carbonyl (C=O) groups is 2. The van der Waals surface area contributed by atoms with Gasteiger partial charge in [0.25, 0.3) is 5.91 Å². The second kappa shape index (κ2) is 10.4. The van der Waals surface area contributed by atoms with Crippen molar-refractivity contribution in [2.24, 2.45) is 0 Å². The van der Waals surface area contributed by atoms with Crippen molar-refractivity contribution in [1.29, 1.82) is 0 Å². The minimum absolute atomic E-state index is 0.305. The van der Waals surface area contributed by atoms with Crippen molar-refractivity contribution in [1.82, 2.24) is 15.1 Å². The Morgan fingerprint density at radius 3 is 2.27 bits per heavy atom. The molecule has 0 fully saturated rings. The topological polar surface area (TPSA) is 73.2 Å². The molecule has 33 heavy (non-hydrogen) atoms. The Morgan fingerprint density at radius 1 is 0.909 bits per heavy atom. The average molecular weight is 440 g/mol. The van der Waals surface area contributed by atoms with Crippen LogP contribution in [0, 0.1) is 6.92 Å². The fraction of sp³-hybridized carbons (Fsp3) is 0.148. The van der Waals surface area contributed by atoms with Crippen LogP contribution >= 0.6 is 0 Å². The number of benzene rings is 3. The van der Waals surface area contributed by atoms with Gasteiger partial charge in [0.2, 0.25) is 0 Å². The maximum absolute atomic E-state index is 12.9. The number of nitrogens with zero attached hydrogens (tertiary/aromatic N) is 2. The van der Waals surface area contributed by atoms with Crippen LogP contribution in [0.4, 0.5) is 0 Å². The van der Waals surface area contributed by atoms with Gasteiger partial charge in [-0.15, -0.1) is 0 Å². The molecule has 0 aliphatic carbocycles. The molecule has 166 valence electrons. The fourth-order valence-corrected chi connectivity index (χ4v) is 3.41. The van der Waals surface area contributed by atoms with Crippen LogP contribution in [-0.4, -0.2) is 34.8 Å². The molecule has 4 rings (SSSR count). The van der Waals surface area contributed by atoms with Gasteiger partial charge in [0.1, 0.15) is 11.3 Å². The molecule has 0 unspecified atom stereocenters. The average Bonchev–Trinajstić information content (AvgIpc) is 3.30. The van der Waals surface area contributed by atoms with Crippen molar-refractivity contribution in [2.75, 3.05) is 13.2 Å². The van der Waals surface area contributed by atoms with Gasteiger partial charge in [-0.25, -0.2) is 9.48 Å². The number of hydrogen-bond acceptors (Lipinski definition) is 4. The Balaban J connectivity index is 1.45. The van der Waals surface area contributed by atoms with Gasteiger partial charge >= 0.3 is 5.97 Å². The lowest BCUT2D eigenvalue weighted by molar-refractivity contribution is -0.124. The zero-order chi connectivity index (χ0) is 23.0. The normalized spacial score (nSPS) is 10.6. The quantitative estimate of drug-likeness (QED) is 0.414. The van der Waals surface area contributed by atoms with E-state index in [1.165, 1.54) is 0 Å². The minimum Gasteiger partial charge on any atom is -0.452 e. The maximum Gasteiger partial charge on any atom is 0.342 e. The number of nitrogens with one attached hydrogen (secondary N) is 1. The van der Waals surface area contributed by atoms with Gasteiger partial charge < -0.3 is 10.1 Å². The first-order valence-electron chi connectivity index (χ1n) is 10.8. The molecule has 0 aliphatic heterocycles. The monoisotopic (exact) mass is 439 g/mol. The van der Waals surface area contributed by atoms with Gasteiger partial charge in [-0.1, -0.05) is 78.4 Å². The van der Waals surface area contributed by atoms with E-state index >= 15 is 0 Å². The molecule has 6 nitrogen and oxygen atoms in total. The highest BCUT2D eigenvalue weighted by molar-refractivity contribution is 5.97. The molecule has 3 aromatic carbocycles. The van der Waals surface area contributed by atoms with Crippen LogP contribution in [-0.2, 0) is 16.0 Å². The van der Waals surface area contributed by atoms with Gasteiger partial charge in [-0.3, -0.25) is 4.79 Å². The Labute approximate surface area is 192 Å². The molecule has 1 N–H and O–H groups in total. The number of ether oxygens (including phenoxy) is 1. The molecule has 4 aromatic rings. The summed E-state index contributed by atoms with van der Waals surface area (Å²) in [5, 5.41) is 7.41. The molecular weight excluding hydrogens is 414 g/mol. The Morgan fingerprint density at radius 2 is 1.58 bits per heavy atom. The largest absolute Gasteiger partial charge is 0.452 e. The predicted octanol–water partition coefficient (Wildman–Crippen LogP) is 4.36. The zero-order valence-corrected chi connectivity index (χ0v) is 18.4. The first-order chi connectivity index (χ1) is 16.1. The van der Waals surface area contributed by atoms with Crippen LogP contribution in [0.5, 0.6) is 0 Å². The predicted molar refractivity (Wildman–Crippen MR) is 127 cm³/mol. The molecule has 0 aliphatic rings. The van der Waals surface area contributed by atoms with E-state index in [0.717, 1.165) is 22.4 Å². The number of aryl methyl sites for hydroxylation is 1. The van der Waals surface area contributed by atoms with Crippen molar-refractivity contribution in [3.63, 3.8) is 0 Å². The molecular formula is C27H25N3O3. The summed E-state index contributed by atoms with van der Waals surface area (Å²) >= 11 is 0. The smallest absolute Gasteiger partial charge is 0.342 e. The summed E-state index contributed by atoms with van der Waals surface area (Å²) in [6, 6.07) is 27.2. The molecule has 0 radical (unpaired) electrons. The Kier molecular flexibility index (Phi) is 6.95. The standard InChI is InChI=1S/C27H25N3O3/c1-20-12-14-22(15-13-20)26-24(18-30(29-26)23-10-6-3-7-11-23)27(32)33-19-25(31)28-17-16-21-8-4-2-5-9-21/h2-15,18H,16-17,19H2,1H3,(H,28,31). The van der Waals surface area contributed by atoms with Crippen molar-refractivity contribution >= 4 is 11.9 Å². The van der Waals surface area contributed by atoms with Gasteiger partial charge in [0.05, 0.1) is 5.69 Å². The van der Waals surface area contributed by atoms with E-state index in [2.05, 4.69) is 10.4 Å². The number of carbonyl (C=O) groups excluding carboxylic acids is 2. The summed E-state index contributed by atoms with van der Waals surface area (Å²) in [7, 11) is 0. The maximum atomic E-state index is 12.9. The second-order valence-electron chi connectivity index (χ2n) is 7.70. The number of hydrogen-bond donors (Lipinski definition) is 1. The van der Waals surface area contributed by atoms with Crippen LogP contribution in [0.25, 0.3) is 16.9 Å². The first kappa shape index (κ1) is 22.0. The zero-order valence-electron chi connectivity index (χ0n) is 18.4. The van der Waals surface area contributed by atoms with Crippen molar-refractivity contribution in [3.8, 4) is 16.9 Å². The van der Waals surface area contributed by atoms with Gasteiger partial charge in [-0.05, 0) is 31.0 Å². The van der Waals surface area contributed by atoms with E-state index in [9.17, 15) is 9.59 Å². The van der Waals surface area contributed by atoms with Gasteiger partial charge in [0.15, 0.2) is 6.61 Å². The lowest BCUT2D eigenvalue weighted by Crippen LogP contribution is -2.30. The molecule has 0 spiro atoms. The molecule has 1 amide bonds. The second-order valence-corrected chi connectivity index (χ2v) is 7.70. The molecule has 1 aromatic heterocycles. The number of esters is 1. The Bertz CT molecular complexity index is 1220. The lowest BCUT2D eigenvalue weighted by atomic mass is 10.1. The number of amides is 1. The van der Waals surface area contributed by atoms with Crippen LogP contribution in [0.2, 0.25) is 0 Å². The van der Waals surface area contributed by atoms with E-state index in [4.69, 9.17) is 4.74 Å². The van der Waals surface area contributed by atoms with Gasteiger partial charge in [-0.2, -0.15) is 5.10 Å². The molecule has 0 bridgehead atoms. The summed E-state index contributed by atoms with van der Waals surface area (Å²) in [5.74, 6) is -0.933. The van der Waals surface area contributed by atoms with E-state index < -0.39 is 5.97 Å². The van der Waals surface area contributed by atoms with E-state index in [1.807, 2.05) is 91.9 Å². The molecule has 0 saturated heterocycles. The number of para-hydroxylation sites is 1. The third-order valence-corrected chi connectivity index (χ3v) is 5.19. The molecule has 0 saturated carbocycles. The summed E-state index contributed by atoms with van der Waals surface area (Å²) in [6.07, 6.45) is 2.35. The summed E-state index contributed by atoms with van der Waals surface area (Å²) in [4.78, 5) is 25.1. The van der Waals surface area contributed by atoms with Crippen molar-refractivity contribution < 1.29 is 14.3 Å². The van der Waals surface area contributed by atoms with Crippen molar-refractivity contribution in [3.05, 3.63) is 108 Å². The summed E-state index contributed by atoms with van der Waals surface area (Å²) < 4.78 is 6.97. The van der Waals surface area contributed by atoms with E-state index in [1.54, 1.807) is 10.9 Å². The van der Waals surface area contributed by atoms with Crippen LogP contribution in [0.3, 0.4) is 0 Å². The van der Waals surface area contributed by atoms with Crippen molar-refractivity contribution in [2.45, 2.75) is 13.3 Å². The molecule has 6 heteroatoms. The minimum atomic E-state index is -0.592.